The molecule has 0 aromatic heterocycles. The van der Waals surface area contributed by atoms with Crippen molar-refractivity contribution >= 4 is 0 Å². The first-order valence-electron chi connectivity index (χ1n) is 12.8. The zero-order valence-corrected chi connectivity index (χ0v) is 19.3. The molecule has 0 amide bonds. The van der Waals surface area contributed by atoms with Gasteiger partial charge in [-0.15, -0.1) is 0 Å². The van der Waals surface area contributed by atoms with Crippen LogP contribution in [0.3, 0.4) is 0 Å². The van der Waals surface area contributed by atoms with Gasteiger partial charge in [-0.2, -0.15) is 0 Å². The van der Waals surface area contributed by atoms with E-state index in [4.69, 9.17) is 0 Å². The Hall–Kier alpha value is -2.42. The summed E-state index contributed by atoms with van der Waals surface area (Å²) in [6.45, 7) is 0. The van der Waals surface area contributed by atoms with Gasteiger partial charge in [0.15, 0.2) is 0 Å². The predicted octanol–water partition coefficient (Wildman–Crippen LogP) is 5.95. The second kappa shape index (κ2) is 8.74. The molecule has 4 fully saturated rings. The van der Waals surface area contributed by atoms with Crippen molar-refractivity contribution in [3.8, 4) is 0 Å². The van der Waals surface area contributed by atoms with Gasteiger partial charge in [-0.25, -0.2) is 0 Å². The van der Waals surface area contributed by atoms with Crippen LogP contribution in [-0.2, 0) is 12.0 Å². The molecule has 2 N–H and O–H groups in total. The third-order valence-corrected chi connectivity index (χ3v) is 8.84. The van der Waals surface area contributed by atoms with Crippen LogP contribution in [0.1, 0.15) is 48.8 Å². The quantitative estimate of drug-likeness (QED) is 0.479. The maximum atomic E-state index is 12.7. The van der Waals surface area contributed by atoms with Crippen LogP contribution in [0.25, 0.3) is 0 Å². The molecule has 1 atom stereocenters. The van der Waals surface area contributed by atoms with Crippen LogP contribution < -0.4 is 5.32 Å². The van der Waals surface area contributed by atoms with Crippen LogP contribution in [-0.4, -0.2) is 17.2 Å². The van der Waals surface area contributed by atoms with Crippen LogP contribution in [0.5, 0.6) is 0 Å². The van der Waals surface area contributed by atoms with Crippen molar-refractivity contribution in [1.29, 1.82) is 0 Å². The molecule has 0 unspecified atom stereocenters. The summed E-state index contributed by atoms with van der Waals surface area (Å²) in [5, 5.41) is 16.8. The van der Waals surface area contributed by atoms with E-state index in [0.29, 0.717) is 6.04 Å². The van der Waals surface area contributed by atoms with Crippen molar-refractivity contribution in [1.82, 2.24) is 5.32 Å². The third kappa shape index (κ3) is 3.94. The minimum Gasteiger partial charge on any atom is -0.379 e. The highest BCUT2D eigenvalue weighted by Gasteiger charge is 2.50. The Bertz CT molecular complexity index is 981. The van der Waals surface area contributed by atoms with E-state index >= 15 is 0 Å². The minimum absolute atomic E-state index is 0.104. The molecule has 0 aliphatic heterocycles. The zero-order valence-electron chi connectivity index (χ0n) is 19.3. The summed E-state index contributed by atoms with van der Waals surface area (Å²) in [5.41, 5.74) is 2.10. The summed E-state index contributed by atoms with van der Waals surface area (Å²) in [6.07, 6.45) is 7.75. The summed E-state index contributed by atoms with van der Waals surface area (Å²) >= 11 is 0. The highest BCUT2D eigenvalue weighted by atomic mass is 16.3. The topological polar surface area (TPSA) is 32.3 Å². The molecule has 0 radical (unpaired) electrons. The molecule has 4 aliphatic carbocycles. The van der Waals surface area contributed by atoms with Crippen molar-refractivity contribution in [2.75, 3.05) is 0 Å². The number of hydrogen-bond acceptors (Lipinski definition) is 2. The lowest BCUT2D eigenvalue weighted by Gasteiger charge is -2.56. The van der Waals surface area contributed by atoms with Crippen molar-refractivity contribution in [3.63, 3.8) is 0 Å². The first kappa shape index (κ1) is 21.1. The van der Waals surface area contributed by atoms with Gasteiger partial charge in [-0.1, -0.05) is 91.0 Å². The van der Waals surface area contributed by atoms with E-state index in [2.05, 4.69) is 59.9 Å². The normalized spacial score (nSPS) is 29.2. The van der Waals surface area contributed by atoms with Crippen LogP contribution in [0, 0.1) is 23.7 Å². The van der Waals surface area contributed by atoms with Gasteiger partial charge in [0.1, 0.15) is 5.60 Å². The molecule has 33 heavy (non-hydrogen) atoms. The van der Waals surface area contributed by atoms with Gasteiger partial charge in [-0.05, 0) is 78.9 Å². The van der Waals surface area contributed by atoms with Crippen LogP contribution in [0.2, 0.25) is 0 Å². The average Bonchev–Trinajstić information content (AvgIpc) is 2.86. The lowest BCUT2D eigenvalue weighted by molar-refractivity contribution is -0.0384. The lowest BCUT2D eigenvalue weighted by atomic mass is 9.54. The molecule has 4 aliphatic rings. The van der Waals surface area contributed by atoms with Gasteiger partial charge >= 0.3 is 0 Å². The van der Waals surface area contributed by atoms with E-state index in [9.17, 15) is 5.11 Å². The van der Waals surface area contributed by atoms with Gasteiger partial charge < -0.3 is 10.4 Å². The number of rotatable bonds is 7. The summed E-state index contributed by atoms with van der Waals surface area (Å²) in [4.78, 5) is 0. The fourth-order valence-corrected chi connectivity index (χ4v) is 7.56. The molecule has 2 heteroatoms. The number of benzene rings is 3. The fourth-order valence-electron chi connectivity index (χ4n) is 7.56. The standard InChI is InChI=1S/C31H35NO/c33-31(27-12-6-2-7-13-27,28-14-8-3-9-15-28)29(21-22-10-4-1-5-11-22)32-30-25-17-23-16-24(19-25)20-26(30)18-23/h1-15,23-26,29-30,32-33H,16-21H2/t23?,24?,25?,26?,29-,30?/m0/s1. The predicted molar refractivity (Wildman–Crippen MR) is 134 cm³/mol. The molecule has 0 spiro atoms. The summed E-state index contributed by atoms with van der Waals surface area (Å²) in [7, 11) is 0. The second-order valence-electron chi connectivity index (χ2n) is 10.9. The minimum atomic E-state index is -1.10. The molecule has 0 saturated heterocycles. The highest BCUT2D eigenvalue weighted by molar-refractivity contribution is 5.39. The highest BCUT2D eigenvalue weighted by Crippen LogP contribution is 2.54. The molecule has 4 saturated carbocycles. The first-order valence-corrected chi connectivity index (χ1v) is 12.8. The van der Waals surface area contributed by atoms with Gasteiger partial charge in [0.25, 0.3) is 0 Å². The van der Waals surface area contributed by atoms with Crippen molar-refractivity contribution in [2.24, 2.45) is 23.7 Å². The fraction of sp³-hybridized carbons (Fsp3) is 0.419. The molecule has 3 aromatic rings. The molecule has 7 rings (SSSR count). The molecule has 0 heterocycles. The van der Waals surface area contributed by atoms with Gasteiger partial charge in [-0.3, -0.25) is 0 Å². The Labute approximate surface area is 198 Å². The maximum absolute atomic E-state index is 12.7. The van der Waals surface area contributed by atoms with Gasteiger partial charge in [0, 0.05) is 12.1 Å². The molecule has 4 bridgehead atoms. The van der Waals surface area contributed by atoms with E-state index in [-0.39, 0.29) is 6.04 Å². The average molecular weight is 438 g/mol. The Morgan fingerprint density at radius 2 is 1.12 bits per heavy atom. The third-order valence-electron chi connectivity index (χ3n) is 8.84. The van der Waals surface area contributed by atoms with Crippen molar-refractivity contribution in [3.05, 3.63) is 108 Å². The van der Waals surface area contributed by atoms with Gasteiger partial charge in [0.05, 0.1) is 0 Å². The van der Waals surface area contributed by atoms with E-state index in [1.807, 2.05) is 36.4 Å². The van der Waals surface area contributed by atoms with E-state index in [0.717, 1.165) is 41.2 Å². The van der Waals surface area contributed by atoms with E-state index < -0.39 is 5.60 Å². The Kier molecular flexibility index (Phi) is 5.60. The largest absolute Gasteiger partial charge is 0.379 e. The van der Waals surface area contributed by atoms with Crippen LogP contribution in [0.4, 0.5) is 0 Å². The summed E-state index contributed by atoms with van der Waals surface area (Å²) < 4.78 is 0. The van der Waals surface area contributed by atoms with Crippen molar-refractivity contribution < 1.29 is 5.11 Å². The zero-order chi connectivity index (χ0) is 22.3. The van der Waals surface area contributed by atoms with Crippen LogP contribution >= 0.6 is 0 Å². The Balaban J connectivity index is 1.41. The molecule has 2 nitrogen and oxygen atoms in total. The summed E-state index contributed by atoms with van der Waals surface area (Å²) in [6, 6.07) is 31.7. The Morgan fingerprint density at radius 3 is 1.61 bits per heavy atom. The van der Waals surface area contributed by atoms with E-state index in [1.165, 1.54) is 37.7 Å². The maximum Gasteiger partial charge on any atom is 0.130 e. The number of hydrogen-bond donors (Lipinski definition) is 2. The smallest absolute Gasteiger partial charge is 0.130 e. The monoisotopic (exact) mass is 437 g/mol. The first-order chi connectivity index (χ1) is 16.2. The van der Waals surface area contributed by atoms with Crippen LogP contribution in [0.15, 0.2) is 91.0 Å². The molecular formula is C31H35NO. The SMILES string of the molecule is OC(c1ccccc1)(c1ccccc1)[C@H](Cc1ccccc1)NC1C2CC3CC(C2)CC1C3. The molecular weight excluding hydrogens is 402 g/mol. The second-order valence-corrected chi connectivity index (χ2v) is 10.9. The molecule has 170 valence electrons. The summed E-state index contributed by atoms with van der Waals surface area (Å²) in [5.74, 6) is 3.41. The molecule has 3 aromatic carbocycles. The van der Waals surface area contributed by atoms with Crippen molar-refractivity contribution in [2.45, 2.75) is 56.2 Å². The number of nitrogens with one attached hydrogen (secondary N) is 1. The Morgan fingerprint density at radius 1 is 0.667 bits per heavy atom. The van der Waals surface area contributed by atoms with E-state index in [1.54, 1.807) is 0 Å². The lowest BCUT2D eigenvalue weighted by Crippen LogP contribution is -2.61. The van der Waals surface area contributed by atoms with Gasteiger partial charge in [0.2, 0.25) is 0 Å². The number of aliphatic hydroxyl groups is 1.